The molecule has 61 heavy (non-hydrogen) atoms. The molecule has 2 heterocycles. The van der Waals surface area contributed by atoms with Crippen molar-refractivity contribution in [3.05, 3.63) is 224 Å². The summed E-state index contributed by atoms with van der Waals surface area (Å²) in [7, 11) is 0. The number of rotatable bonds is 7. The van der Waals surface area contributed by atoms with Crippen molar-refractivity contribution in [2.24, 2.45) is 0 Å². The van der Waals surface area contributed by atoms with Crippen molar-refractivity contribution in [2.45, 2.75) is 0 Å². The van der Waals surface area contributed by atoms with Gasteiger partial charge in [-0.2, -0.15) is 0 Å². The van der Waals surface area contributed by atoms with Crippen molar-refractivity contribution >= 4 is 71.5 Å². The highest BCUT2D eigenvalue weighted by Crippen LogP contribution is 2.42. The van der Waals surface area contributed by atoms with Gasteiger partial charge >= 0.3 is 0 Å². The highest BCUT2D eigenvalue weighted by Gasteiger charge is 2.19. The Labute approximate surface area is 352 Å². The third-order valence-corrected chi connectivity index (χ3v) is 12.0. The highest BCUT2D eigenvalue weighted by molar-refractivity contribution is 6.11. The normalized spacial score (nSPS) is 11.6. The van der Waals surface area contributed by atoms with Gasteiger partial charge < -0.3 is 13.9 Å². The molecule has 2 aromatic heterocycles. The number of para-hydroxylation sites is 2. The molecule has 286 valence electrons. The van der Waals surface area contributed by atoms with E-state index in [0.29, 0.717) is 5.89 Å². The molecular formula is C57H37N3O. The van der Waals surface area contributed by atoms with E-state index in [9.17, 15) is 0 Å². The Balaban J connectivity index is 0.986. The minimum atomic E-state index is 0.630. The minimum Gasteiger partial charge on any atom is -0.436 e. The van der Waals surface area contributed by atoms with Crippen molar-refractivity contribution in [1.82, 2.24) is 9.55 Å². The number of hydrogen-bond donors (Lipinski definition) is 0. The molecule has 0 unspecified atom stereocenters. The Bertz CT molecular complexity index is 3560. The van der Waals surface area contributed by atoms with E-state index >= 15 is 0 Å². The summed E-state index contributed by atoms with van der Waals surface area (Å²) in [6.45, 7) is 0. The fourth-order valence-corrected chi connectivity index (χ4v) is 9.16. The Kier molecular flexibility index (Phi) is 8.13. The van der Waals surface area contributed by atoms with Gasteiger partial charge in [0.25, 0.3) is 0 Å². The first-order chi connectivity index (χ1) is 30.2. The average molecular weight is 780 g/mol. The first-order valence-corrected chi connectivity index (χ1v) is 20.7. The van der Waals surface area contributed by atoms with Crippen LogP contribution in [0, 0.1) is 0 Å². The molecule has 0 N–H and O–H groups in total. The molecule has 0 fully saturated rings. The monoisotopic (exact) mass is 779 g/mol. The van der Waals surface area contributed by atoms with E-state index in [1.807, 2.05) is 36.4 Å². The average Bonchev–Trinajstić information content (AvgIpc) is 3.93. The lowest BCUT2D eigenvalue weighted by Gasteiger charge is -2.26. The molecule has 0 spiro atoms. The summed E-state index contributed by atoms with van der Waals surface area (Å²) in [6, 6.07) is 80.1. The van der Waals surface area contributed by atoms with Gasteiger partial charge in [0.15, 0.2) is 5.58 Å². The molecule has 0 atom stereocenters. The molecule has 0 saturated heterocycles. The maximum absolute atomic E-state index is 6.24. The van der Waals surface area contributed by atoms with E-state index in [2.05, 4.69) is 198 Å². The lowest BCUT2D eigenvalue weighted by atomic mass is 9.97. The van der Waals surface area contributed by atoms with Crippen LogP contribution in [0.1, 0.15) is 0 Å². The second kappa shape index (κ2) is 14.3. The number of aromatic nitrogens is 2. The Morgan fingerprint density at radius 2 is 0.951 bits per heavy atom. The van der Waals surface area contributed by atoms with Gasteiger partial charge in [-0.3, -0.25) is 0 Å². The Hall–Kier alpha value is -8.21. The SMILES string of the molecule is c1ccc(-c2nc3c(ccc4c(-c5ccc(N(c6ccc(-c7cccc8ccccc78)cc6)c6ccc7c(c6)c6ccccc6n7-c6ccccc6)cc5)cccc43)o2)cc1. The van der Waals surface area contributed by atoms with Crippen LogP contribution in [-0.2, 0) is 0 Å². The van der Waals surface area contributed by atoms with Crippen LogP contribution in [0.15, 0.2) is 229 Å². The maximum Gasteiger partial charge on any atom is 0.227 e. The van der Waals surface area contributed by atoms with Crippen LogP contribution < -0.4 is 4.90 Å². The fraction of sp³-hybridized carbons (Fsp3) is 0. The van der Waals surface area contributed by atoms with Gasteiger partial charge in [0, 0.05) is 44.5 Å². The summed E-state index contributed by atoms with van der Waals surface area (Å²) >= 11 is 0. The lowest BCUT2D eigenvalue weighted by Crippen LogP contribution is -2.10. The number of benzene rings is 10. The van der Waals surface area contributed by atoms with Crippen LogP contribution in [0.25, 0.3) is 93.8 Å². The van der Waals surface area contributed by atoms with Crippen LogP contribution in [0.2, 0.25) is 0 Å². The molecule has 4 nitrogen and oxygen atoms in total. The largest absolute Gasteiger partial charge is 0.436 e. The highest BCUT2D eigenvalue weighted by atomic mass is 16.3. The first kappa shape index (κ1) is 34.8. The van der Waals surface area contributed by atoms with Gasteiger partial charge in [-0.1, -0.05) is 140 Å². The second-order valence-corrected chi connectivity index (χ2v) is 15.5. The smallest absolute Gasteiger partial charge is 0.227 e. The molecule has 0 bridgehead atoms. The zero-order chi connectivity index (χ0) is 40.3. The molecule has 10 aromatic carbocycles. The summed E-state index contributed by atoms with van der Waals surface area (Å²) in [6.07, 6.45) is 0. The fourth-order valence-electron chi connectivity index (χ4n) is 9.16. The predicted octanol–water partition coefficient (Wildman–Crippen LogP) is 15.7. The van der Waals surface area contributed by atoms with Crippen LogP contribution in [-0.4, -0.2) is 9.55 Å². The second-order valence-electron chi connectivity index (χ2n) is 15.5. The zero-order valence-corrected chi connectivity index (χ0v) is 33.1. The van der Waals surface area contributed by atoms with E-state index in [-0.39, 0.29) is 0 Å². The van der Waals surface area contributed by atoms with E-state index < -0.39 is 0 Å². The van der Waals surface area contributed by atoms with Gasteiger partial charge in [-0.05, 0) is 123 Å². The number of anilines is 3. The minimum absolute atomic E-state index is 0.630. The van der Waals surface area contributed by atoms with Crippen LogP contribution >= 0.6 is 0 Å². The summed E-state index contributed by atoms with van der Waals surface area (Å²) in [5.74, 6) is 0.630. The van der Waals surface area contributed by atoms with Crippen molar-refractivity contribution in [3.63, 3.8) is 0 Å². The Morgan fingerprint density at radius 3 is 1.70 bits per heavy atom. The third kappa shape index (κ3) is 5.88. The van der Waals surface area contributed by atoms with Crippen molar-refractivity contribution in [3.8, 4) is 39.4 Å². The summed E-state index contributed by atoms with van der Waals surface area (Å²) in [5, 5.41) is 7.12. The zero-order valence-electron chi connectivity index (χ0n) is 33.1. The topological polar surface area (TPSA) is 34.2 Å². The molecule has 0 aliphatic rings. The lowest BCUT2D eigenvalue weighted by molar-refractivity contribution is 0.620. The quantitative estimate of drug-likeness (QED) is 0.162. The summed E-state index contributed by atoms with van der Waals surface area (Å²) < 4.78 is 8.61. The molecule has 12 rings (SSSR count). The molecule has 12 aromatic rings. The van der Waals surface area contributed by atoms with Crippen molar-refractivity contribution in [1.29, 1.82) is 0 Å². The van der Waals surface area contributed by atoms with E-state index in [4.69, 9.17) is 9.40 Å². The predicted molar refractivity (Wildman–Crippen MR) is 254 cm³/mol. The van der Waals surface area contributed by atoms with Gasteiger partial charge in [0.05, 0.1) is 11.0 Å². The summed E-state index contributed by atoms with van der Waals surface area (Å²) in [4.78, 5) is 7.35. The van der Waals surface area contributed by atoms with E-state index in [1.54, 1.807) is 0 Å². The number of hydrogen-bond acceptors (Lipinski definition) is 3. The Morgan fingerprint density at radius 1 is 0.377 bits per heavy atom. The number of nitrogens with zero attached hydrogens (tertiary/aromatic N) is 3. The molecule has 0 amide bonds. The van der Waals surface area contributed by atoms with Crippen molar-refractivity contribution in [2.75, 3.05) is 4.90 Å². The number of fused-ring (bicyclic) bond motifs is 7. The van der Waals surface area contributed by atoms with Crippen LogP contribution in [0.4, 0.5) is 17.1 Å². The van der Waals surface area contributed by atoms with Crippen LogP contribution in [0.5, 0.6) is 0 Å². The van der Waals surface area contributed by atoms with Crippen molar-refractivity contribution < 1.29 is 4.42 Å². The van der Waals surface area contributed by atoms with Gasteiger partial charge in [0.2, 0.25) is 5.89 Å². The molecule has 0 saturated carbocycles. The molecular weight excluding hydrogens is 743 g/mol. The molecule has 4 heteroatoms. The summed E-state index contributed by atoms with van der Waals surface area (Å²) in [5.41, 5.74) is 14.1. The first-order valence-electron chi connectivity index (χ1n) is 20.7. The third-order valence-electron chi connectivity index (χ3n) is 12.0. The van der Waals surface area contributed by atoms with Crippen LogP contribution in [0.3, 0.4) is 0 Å². The van der Waals surface area contributed by atoms with Gasteiger partial charge in [-0.25, -0.2) is 4.98 Å². The molecule has 0 radical (unpaired) electrons. The van der Waals surface area contributed by atoms with Gasteiger partial charge in [0.1, 0.15) is 5.52 Å². The maximum atomic E-state index is 6.24. The molecule has 0 aliphatic heterocycles. The molecule has 0 aliphatic carbocycles. The standard InChI is InChI=1S/C57H37N3O/c1-3-14-41(15-4-1)57-58-56-51-23-12-22-48(49(51)34-36-55(56)61-57)40-27-31-44(32-28-40)59(43-29-25-39(26-30-43)47-21-11-16-38-13-7-8-19-46(38)47)45-33-35-54-52(37-45)50-20-9-10-24-53(50)60(54)42-17-5-2-6-18-42/h1-37H. The van der Waals surface area contributed by atoms with E-state index in [0.717, 1.165) is 61.3 Å². The van der Waals surface area contributed by atoms with E-state index in [1.165, 1.54) is 43.7 Å². The van der Waals surface area contributed by atoms with Gasteiger partial charge in [-0.15, -0.1) is 0 Å². The number of oxazole rings is 1.